The number of thiazole rings is 1. The third-order valence-corrected chi connectivity index (χ3v) is 5.01. The molecule has 7 nitrogen and oxygen atoms in total. The van der Waals surface area contributed by atoms with Gasteiger partial charge in [0.15, 0.2) is 5.96 Å². The number of hydrogen-bond acceptors (Lipinski definition) is 6. The molecule has 1 aromatic heterocycles. The van der Waals surface area contributed by atoms with Crippen LogP contribution in [0.2, 0.25) is 0 Å². The maximum Gasteiger partial charge on any atom is 0.191 e. The highest BCUT2D eigenvalue weighted by Gasteiger charge is 2.12. The van der Waals surface area contributed by atoms with Crippen LogP contribution in [0.3, 0.4) is 0 Å². The maximum absolute atomic E-state index is 10.5. The van der Waals surface area contributed by atoms with Crippen molar-refractivity contribution in [2.45, 2.75) is 32.9 Å². The van der Waals surface area contributed by atoms with Crippen LogP contribution in [-0.4, -0.2) is 43.4 Å². The van der Waals surface area contributed by atoms with E-state index in [1.54, 1.807) is 43.8 Å². The minimum Gasteiger partial charge on any atom is -0.497 e. The molecule has 0 saturated heterocycles. The highest BCUT2D eigenvalue weighted by atomic mass is 127. The largest absolute Gasteiger partial charge is 0.497 e. The van der Waals surface area contributed by atoms with Crippen molar-refractivity contribution in [2.75, 3.05) is 27.3 Å². The summed E-state index contributed by atoms with van der Waals surface area (Å²) in [6.07, 6.45) is 2.15. The van der Waals surface area contributed by atoms with E-state index in [9.17, 15) is 5.11 Å². The molecule has 0 saturated carbocycles. The van der Waals surface area contributed by atoms with Gasteiger partial charge in [0.05, 0.1) is 26.9 Å². The number of aliphatic hydroxyl groups excluding tert-OH is 1. The SMILES string of the molecule is CCNC(=NCc1ncc(CC)s1)NCC(O)c1cc(OC)cc(OC)c1.I. The number of aromatic nitrogens is 1. The van der Waals surface area contributed by atoms with E-state index in [-0.39, 0.29) is 24.0 Å². The summed E-state index contributed by atoms with van der Waals surface area (Å²) >= 11 is 1.67. The van der Waals surface area contributed by atoms with Crippen molar-refractivity contribution in [1.29, 1.82) is 0 Å². The summed E-state index contributed by atoms with van der Waals surface area (Å²) in [6, 6.07) is 5.36. The molecule has 0 spiro atoms. The predicted octanol–water partition coefficient (Wildman–Crippen LogP) is 3.13. The number of nitrogens with zero attached hydrogens (tertiary/aromatic N) is 2. The Morgan fingerprint density at radius 2 is 1.86 bits per heavy atom. The van der Waals surface area contributed by atoms with Crippen LogP contribution in [-0.2, 0) is 13.0 Å². The Bertz CT molecular complexity index is 732. The number of methoxy groups -OCH3 is 2. The Balaban J connectivity index is 0.00000392. The van der Waals surface area contributed by atoms with E-state index in [1.165, 1.54) is 4.88 Å². The lowest BCUT2D eigenvalue weighted by atomic mass is 10.1. The lowest BCUT2D eigenvalue weighted by molar-refractivity contribution is 0.180. The number of benzene rings is 1. The monoisotopic (exact) mass is 520 g/mol. The lowest BCUT2D eigenvalue weighted by Crippen LogP contribution is -2.39. The molecule has 1 aromatic carbocycles. The fourth-order valence-corrected chi connectivity index (χ4v) is 3.19. The number of aliphatic hydroxyl groups is 1. The van der Waals surface area contributed by atoms with Gasteiger partial charge in [0.1, 0.15) is 16.5 Å². The molecule has 2 aromatic rings. The first-order valence-electron chi connectivity index (χ1n) is 8.96. The van der Waals surface area contributed by atoms with Gasteiger partial charge in [0.25, 0.3) is 0 Å². The van der Waals surface area contributed by atoms with Crippen LogP contribution in [0.1, 0.15) is 35.4 Å². The van der Waals surface area contributed by atoms with Crippen molar-refractivity contribution < 1.29 is 14.6 Å². The van der Waals surface area contributed by atoms with Crippen LogP contribution < -0.4 is 20.1 Å². The summed E-state index contributed by atoms with van der Waals surface area (Å²) in [5, 5.41) is 17.9. The molecule has 1 heterocycles. The molecular formula is C19H29IN4O3S. The second-order valence-electron chi connectivity index (χ2n) is 5.81. The number of hydrogen-bond donors (Lipinski definition) is 3. The summed E-state index contributed by atoms with van der Waals surface area (Å²) in [5.41, 5.74) is 0.710. The predicted molar refractivity (Wildman–Crippen MR) is 124 cm³/mol. The van der Waals surface area contributed by atoms with Gasteiger partial charge in [-0.25, -0.2) is 9.98 Å². The molecule has 0 radical (unpaired) electrons. The minimum atomic E-state index is -0.732. The number of halogens is 1. The zero-order valence-corrected chi connectivity index (χ0v) is 19.8. The summed E-state index contributed by atoms with van der Waals surface area (Å²) in [6.45, 7) is 5.65. The van der Waals surface area contributed by atoms with Crippen LogP contribution >= 0.6 is 35.3 Å². The normalized spacial score (nSPS) is 12.1. The van der Waals surface area contributed by atoms with Gasteiger partial charge in [-0.15, -0.1) is 35.3 Å². The van der Waals surface area contributed by atoms with E-state index in [4.69, 9.17) is 9.47 Å². The van der Waals surface area contributed by atoms with Gasteiger partial charge in [0.2, 0.25) is 0 Å². The van der Waals surface area contributed by atoms with E-state index in [2.05, 4.69) is 27.5 Å². The number of nitrogens with one attached hydrogen (secondary N) is 2. The second-order valence-corrected chi connectivity index (χ2v) is 7.01. The van der Waals surface area contributed by atoms with E-state index in [0.717, 1.165) is 18.0 Å². The molecule has 1 atom stereocenters. The Labute approximate surface area is 187 Å². The smallest absolute Gasteiger partial charge is 0.191 e. The standard InChI is InChI=1S/C19H28N4O3S.HI/c1-5-16-10-21-18(27-16)12-23-19(20-6-2)22-11-17(24)13-7-14(25-3)9-15(8-13)26-4;/h7-10,17,24H,5-6,11-12H2,1-4H3,(H2,20,22,23);1H. The van der Waals surface area contributed by atoms with Crippen molar-refractivity contribution in [3.8, 4) is 11.5 Å². The first-order valence-corrected chi connectivity index (χ1v) is 9.78. The summed E-state index contributed by atoms with van der Waals surface area (Å²) in [7, 11) is 3.17. The minimum absolute atomic E-state index is 0. The number of guanidine groups is 1. The molecule has 9 heteroatoms. The second kappa shape index (κ2) is 12.8. The Morgan fingerprint density at radius 1 is 1.18 bits per heavy atom. The average molecular weight is 520 g/mol. The Kier molecular flexibility index (Phi) is 11.2. The molecular weight excluding hydrogens is 491 g/mol. The van der Waals surface area contributed by atoms with E-state index >= 15 is 0 Å². The Morgan fingerprint density at radius 3 is 2.39 bits per heavy atom. The number of rotatable bonds is 9. The van der Waals surface area contributed by atoms with Gasteiger partial charge < -0.3 is 25.2 Å². The summed E-state index contributed by atoms with van der Waals surface area (Å²) in [5.74, 6) is 1.92. The van der Waals surface area contributed by atoms with Crippen LogP contribution in [0.4, 0.5) is 0 Å². The lowest BCUT2D eigenvalue weighted by Gasteiger charge is -2.17. The molecule has 28 heavy (non-hydrogen) atoms. The fourth-order valence-electron chi connectivity index (χ4n) is 2.41. The average Bonchev–Trinajstić information content (AvgIpc) is 3.17. The first-order chi connectivity index (χ1) is 13.1. The van der Waals surface area contributed by atoms with Gasteiger partial charge in [-0.3, -0.25) is 0 Å². The molecule has 0 amide bonds. The topological polar surface area (TPSA) is 88.0 Å². The molecule has 0 fully saturated rings. The third-order valence-electron chi connectivity index (χ3n) is 3.89. The van der Waals surface area contributed by atoms with E-state index in [1.807, 2.05) is 13.1 Å². The first kappa shape index (κ1) is 24.4. The van der Waals surface area contributed by atoms with Crippen LogP contribution in [0.15, 0.2) is 29.4 Å². The van der Waals surface area contributed by atoms with Crippen LogP contribution in [0.5, 0.6) is 11.5 Å². The van der Waals surface area contributed by atoms with Crippen LogP contribution in [0.25, 0.3) is 0 Å². The van der Waals surface area contributed by atoms with Crippen molar-refractivity contribution in [2.24, 2.45) is 4.99 Å². The van der Waals surface area contributed by atoms with Gasteiger partial charge in [-0.2, -0.15) is 0 Å². The van der Waals surface area contributed by atoms with Gasteiger partial charge in [-0.1, -0.05) is 6.92 Å². The maximum atomic E-state index is 10.5. The van der Waals surface area contributed by atoms with Crippen molar-refractivity contribution in [3.05, 3.63) is 39.8 Å². The number of aryl methyl sites for hydroxylation is 1. The molecule has 1 unspecified atom stereocenters. The van der Waals surface area contributed by atoms with Crippen molar-refractivity contribution in [1.82, 2.24) is 15.6 Å². The third kappa shape index (κ3) is 7.44. The molecule has 0 aliphatic rings. The quantitative estimate of drug-likeness (QED) is 0.268. The number of aliphatic imine (C=N–C) groups is 1. The van der Waals surface area contributed by atoms with Gasteiger partial charge in [-0.05, 0) is 31.0 Å². The highest BCUT2D eigenvalue weighted by Crippen LogP contribution is 2.26. The molecule has 0 bridgehead atoms. The molecule has 3 N–H and O–H groups in total. The zero-order valence-electron chi connectivity index (χ0n) is 16.7. The van der Waals surface area contributed by atoms with E-state index < -0.39 is 6.10 Å². The molecule has 156 valence electrons. The van der Waals surface area contributed by atoms with Crippen molar-refractivity contribution in [3.63, 3.8) is 0 Å². The summed E-state index contributed by atoms with van der Waals surface area (Å²) in [4.78, 5) is 10.2. The molecule has 0 aliphatic carbocycles. The zero-order chi connectivity index (χ0) is 19.6. The molecule has 0 aliphatic heterocycles. The van der Waals surface area contributed by atoms with Gasteiger partial charge >= 0.3 is 0 Å². The van der Waals surface area contributed by atoms with Gasteiger partial charge in [0, 0.05) is 30.2 Å². The Hall–Kier alpha value is -1.59. The van der Waals surface area contributed by atoms with E-state index in [0.29, 0.717) is 36.1 Å². The van der Waals surface area contributed by atoms with Crippen molar-refractivity contribution >= 4 is 41.3 Å². The summed E-state index contributed by atoms with van der Waals surface area (Å²) < 4.78 is 10.5. The molecule has 2 rings (SSSR count). The number of ether oxygens (including phenoxy) is 2. The fraction of sp³-hybridized carbons (Fsp3) is 0.474. The van der Waals surface area contributed by atoms with Crippen LogP contribution in [0, 0.1) is 0 Å². The highest BCUT2D eigenvalue weighted by molar-refractivity contribution is 14.0.